The van der Waals surface area contributed by atoms with Gasteiger partial charge in [-0.1, -0.05) is 0 Å². The Morgan fingerprint density at radius 3 is 2.48 bits per heavy atom. The van der Waals surface area contributed by atoms with Crippen molar-refractivity contribution in [2.24, 2.45) is 0 Å². The predicted octanol–water partition coefficient (Wildman–Crippen LogP) is 1.24. The summed E-state index contributed by atoms with van der Waals surface area (Å²) in [5.74, 6) is -2.42. The number of amides is 1. The van der Waals surface area contributed by atoms with E-state index < -0.39 is 11.9 Å². The number of rotatable bonds is 5. The van der Waals surface area contributed by atoms with Crippen LogP contribution >= 0.6 is 0 Å². The van der Waals surface area contributed by atoms with E-state index in [0.717, 1.165) is 0 Å². The van der Waals surface area contributed by atoms with Gasteiger partial charge in [0.1, 0.15) is 5.69 Å². The predicted molar refractivity (Wildman–Crippen MR) is 74.6 cm³/mol. The maximum atomic E-state index is 11.3. The van der Waals surface area contributed by atoms with Crippen molar-refractivity contribution in [3.05, 3.63) is 35.0 Å². The van der Waals surface area contributed by atoms with Gasteiger partial charge in [0, 0.05) is 24.4 Å². The maximum Gasteiger partial charge on any atom is 0.352 e. The van der Waals surface area contributed by atoms with E-state index in [-0.39, 0.29) is 23.7 Å². The number of fused-ring (bicyclic) bond motifs is 1. The van der Waals surface area contributed by atoms with E-state index in [1.807, 2.05) is 0 Å². The molecule has 2 aromatic rings. The molecule has 1 aromatic heterocycles. The highest BCUT2D eigenvalue weighted by molar-refractivity contribution is 6.00. The van der Waals surface area contributed by atoms with Crippen LogP contribution in [0, 0.1) is 0 Å². The molecule has 1 amide bonds. The van der Waals surface area contributed by atoms with Gasteiger partial charge in [-0.15, -0.1) is 0 Å². The molecular weight excluding hydrogens is 276 g/mol. The van der Waals surface area contributed by atoms with Crippen LogP contribution in [-0.2, 0) is 11.2 Å². The summed E-state index contributed by atoms with van der Waals surface area (Å²) in [4.78, 5) is 35.9. The first-order chi connectivity index (χ1) is 9.90. The molecule has 0 saturated heterocycles. The van der Waals surface area contributed by atoms with Gasteiger partial charge >= 0.3 is 11.9 Å². The maximum absolute atomic E-state index is 11.3. The Balaban J connectivity index is 2.48. The van der Waals surface area contributed by atoms with Crippen LogP contribution < -0.4 is 5.32 Å². The number of nitrogens with one attached hydrogen (secondary N) is 2. The molecule has 1 heterocycles. The molecule has 0 atom stereocenters. The number of aromatic amines is 1. The van der Waals surface area contributed by atoms with Crippen molar-refractivity contribution in [2.75, 3.05) is 6.54 Å². The van der Waals surface area contributed by atoms with Gasteiger partial charge in [-0.3, -0.25) is 4.79 Å². The molecule has 0 bridgehead atoms. The average Bonchev–Trinajstić information content (AvgIpc) is 2.76. The van der Waals surface area contributed by atoms with Crippen molar-refractivity contribution in [3.8, 4) is 0 Å². The van der Waals surface area contributed by atoms with Crippen LogP contribution in [0.4, 0.5) is 0 Å². The third kappa shape index (κ3) is 3.02. The summed E-state index contributed by atoms with van der Waals surface area (Å²) >= 11 is 0. The molecule has 0 unspecified atom stereocenters. The second kappa shape index (κ2) is 5.66. The van der Waals surface area contributed by atoms with Gasteiger partial charge in [0.05, 0.1) is 5.56 Å². The quantitative estimate of drug-likeness (QED) is 0.660. The number of carbonyl (C=O) groups is 3. The third-order valence-electron chi connectivity index (χ3n) is 3.12. The van der Waals surface area contributed by atoms with Crippen molar-refractivity contribution < 1.29 is 24.6 Å². The average molecular weight is 290 g/mol. The van der Waals surface area contributed by atoms with Crippen LogP contribution in [0.5, 0.6) is 0 Å². The second-order valence-corrected chi connectivity index (χ2v) is 4.58. The Bertz CT molecular complexity index is 732. The zero-order chi connectivity index (χ0) is 15.6. The van der Waals surface area contributed by atoms with Crippen molar-refractivity contribution in [1.82, 2.24) is 10.3 Å². The highest BCUT2D eigenvalue weighted by Gasteiger charge is 2.18. The zero-order valence-corrected chi connectivity index (χ0v) is 11.3. The van der Waals surface area contributed by atoms with Crippen LogP contribution in [-0.4, -0.2) is 39.6 Å². The van der Waals surface area contributed by atoms with Gasteiger partial charge in [-0.25, -0.2) is 9.59 Å². The summed E-state index contributed by atoms with van der Waals surface area (Å²) in [5, 5.41) is 21.4. The van der Waals surface area contributed by atoms with Crippen molar-refractivity contribution in [2.45, 2.75) is 13.3 Å². The monoisotopic (exact) mass is 290 g/mol. The molecule has 7 heteroatoms. The molecule has 0 aliphatic carbocycles. The van der Waals surface area contributed by atoms with E-state index >= 15 is 0 Å². The van der Waals surface area contributed by atoms with Crippen molar-refractivity contribution in [3.63, 3.8) is 0 Å². The molecule has 7 nitrogen and oxygen atoms in total. The molecule has 2 rings (SSSR count). The minimum atomic E-state index is -1.12. The van der Waals surface area contributed by atoms with Gasteiger partial charge in [-0.2, -0.15) is 0 Å². The number of aromatic carboxylic acids is 2. The van der Waals surface area contributed by atoms with Gasteiger partial charge in [0.15, 0.2) is 0 Å². The van der Waals surface area contributed by atoms with E-state index in [0.29, 0.717) is 22.9 Å². The van der Waals surface area contributed by atoms with Gasteiger partial charge in [-0.05, 0) is 30.2 Å². The minimum absolute atomic E-state index is 0.0119. The number of hydrogen-bond donors (Lipinski definition) is 4. The Kier molecular flexibility index (Phi) is 3.93. The summed E-state index contributed by atoms with van der Waals surface area (Å²) < 4.78 is 0. The molecule has 110 valence electrons. The van der Waals surface area contributed by atoms with Crippen LogP contribution in [0.15, 0.2) is 18.2 Å². The number of carboxylic acid groups (broad SMARTS) is 2. The van der Waals surface area contributed by atoms with Gasteiger partial charge < -0.3 is 20.5 Å². The third-order valence-corrected chi connectivity index (χ3v) is 3.12. The van der Waals surface area contributed by atoms with Crippen LogP contribution in [0.1, 0.15) is 33.3 Å². The first kappa shape index (κ1) is 14.6. The smallest absolute Gasteiger partial charge is 0.352 e. The highest BCUT2D eigenvalue weighted by Crippen LogP contribution is 2.24. The van der Waals surface area contributed by atoms with E-state index in [4.69, 9.17) is 5.11 Å². The van der Waals surface area contributed by atoms with Crippen molar-refractivity contribution in [1.29, 1.82) is 0 Å². The Labute approximate surface area is 119 Å². The number of carbonyl (C=O) groups excluding carboxylic acids is 1. The highest BCUT2D eigenvalue weighted by atomic mass is 16.4. The van der Waals surface area contributed by atoms with Gasteiger partial charge in [0.25, 0.3) is 0 Å². The Morgan fingerprint density at radius 2 is 1.90 bits per heavy atom. The summed E-state index contributed by atoms with van der Waals surface area (Å²) in [6, 6.07) is 4.38. The summed E-state index contributed by atoms with van der Waals surface area (Å²) in [6.45, 7) is 1.65. The van der Waals surface area contributed by atoms with E-state index in [1.165, 1.54) is 25.1 Å². The largest absolute Gasteiger partial charge is 0.478 e. The molecule has 0 fully saturated rings. The van der Waals surface area contributed by atoms with E-state index in [9.17, 15) is 19.5 Å². The summed E-state index contributed by atoms with van der Waals surface area (Å²) in [6.07, 6.45) is 0.296. The Hall–Kier alpha value is -2.83. The molecule has 21 heavy (non-hydrogen) atoms. The summed E-state index contributed by atoms with van der Waals surface area (Å²) in [5.41, 5.74) is 1.13. The lowest BCUT2D eigenvalue weighted by atomic mass is 10.0. The fraction of sp³-hybridized carbons (Fsp3) is 0.214. The number of benzene rings is 1. The second-order valence-electron chi connectivity index (χ2n) is 4.58. The lowest BCUT2D eigenvalue weighted by Gasteiger charge is -2.03. The van der Waals surface area contributed by atoms with Gasteiger partial charge in [0.2, 0.25) is 5.91 Å². The molecule has 0 saturated carbocycles. The molecule has 4 N–H and O–H groups in total. The fourth-order valence-corrected chi connectivity index (χ4v) is 2.19. The lowest BCUT2D eigenvalue weighted by molar-refractivity contribution is -0.118. The van der Waals surface area contributed by atoms with Crippen LogP contribution in [0.3, 0.4) is 0 Å². The lowest BCUT2D eigenvalue weighted by Crippen LogP contribution is -2.22. The first-order valence-corrected chi connectivity index (χ1v) is 6.25. The van der Waals surface area contributed by atoms with E-state index in [1.54, 1.807) is 0 Å². The van der Waals surface area contributed by atoms with E-state index in [2.05, 4.69) is 10.3 Å². The number of H-pyrrole nitrogens is 1. The normalized spacial score (nSPS) is 10.5. The molecule has 0 radical (unpaired) electrons. The topological polar surface area (TPSA) is 119 Å². The molecule has 0 aliphatic heterocycles. The number of aromatic nitrogens is 1. The minimum Gasteiger partial charge on any atom is -0.478 e. The molecule has 0 spiro atoms. The molecular formula is C14H14N2O5. The standard InChI is InChI=1S/C14H14N2O5/c1-7(17)15-5-4-9-10-6-8(13(18)19)2-3-11(10)16-12(9)14(20)21/h2-3,6,16H,4-5H2,1H3,(H,15,17)(H,18,19)(H,20,21). The fourth-order valence-electron chi connectivity index (χ4n) is 2.19. The van der Waals surface area contributed by atoms with Crippen LogP contribution in [0.2, 0.25) is 0 Å². The first-order valence-electron chi connectivity index (χ1n) is 6.25. The molecule has 0 aliphatic rings. The molecule has 1 aromatic carbocycles. The zero-order valence-electron chi connectivity index (χ0n) is 11.3. The van der Waals surface area contributed by atoms with Crippen molar-refractivity contribution >= 4 is 28.7 Å². The number of carboxylic acids is 2. The van der Waals surface area contributed by atoms with Crippen LogP contribution in [0.25, 0.3) is 10.9 Å². The summed E-state index contributed by atoms with van der Waals surface area (Å²) in [7, 11) is 0. The number of hydrogen-bond acceptors (Lipinski definition) is 3. The Morgan fingerprint density at radius 1 is 1.19 bits per heavy atom. The SMILES string of the molecule is CC(=O)NCCc1c(C(=O)O)[nH]c2ccc(C(=O)O)cc12.